The lowest BCUT2D eigenvalue weighted by Gasteiger charge is -2.55. The number of hydrogen-bond donors (Lipinski definition) is 0. The summed E-state index contributed by atoms with van der Waals surface area (Å²) in [5, 5.41) is 0. The van der Waals surface area contributed by atoms with E-state index in [4.69, 9.17) is 16.5 Å². The minimum atomic E-state index is -2.36. The summed E-state index contributed by atoms with van der Waals surface area (Å²) in [5.74, 6) is 0.0893. The summed E-state index contributed by atoms with van der Waals surface area (Å²) in [4.78, 5) is 11.5. The lowest BCUT2D eigenvalue weighted by atomic mass is 10.1. The van der Waals surface area contributed by atoms with Crippen LogP contribution in [0.1, 0.15) is 84.3 Å². The number of nitrogens with zero attached hydrogens (tertiary/aromatic N) is 2. The maximum absolute atomic E-state index is 11.8. The molecule has 0 unspecified atom stereocenters. The number of hydrogen-bond acceptors (Lipinski definition) is 3. The van der Waals surface area contributed by atoms with Gasteiger partial charge in [-0.15, -0.1) is 0 Å². The van der Waals surface area contributed by atoms with Gasteiger partial charge < -0.3 is 4.74 Å². The fourth-order valence-corrected chi connectivity index (χ4v) is 20.4. The number of benzene rings is 1. The van der Waals surface area contributed by atoms with Crippen LogP contribution in [0.5, 0.6) is 0 Å². The van der Waals surface area contributed by atoms with Crippen molar-refractivity contribution >= 4 is 32.0 Å². The van der Waals surface area contributed by atoms with Crippen LogP contribution in [-0.2, 0) is 16.5 Å². The lowest BCUT2D eigenvalue weighted by molar-refractivity contribution is 0.101. The van der Waals surface area contributed by atoms with Crippen molar-refractivity contribution in [1.82, 2.24) is 9.34 Å². The Hall–Kier alpha value is -0.363. The third-order valence-electron chi connectivity index (χ3n) is 6.47. The Morgan fingerprint density at radius 1 is 0.906 bits per heavy atom. The second kappa shape index (κ2) is 9.71. The second-order valence-corrected chi connectivity index (χ2v) is 21.2. The number of ether oxygens (including phenoxy) is 1. The molecule has 0 saturated carbocycles. The fourth-order valence-electron chi connectivity index (χ4n) is 5.47. The molecule has 182 valence electrons. The minimum Gasteiger partial charge on any atom is -0.357 e. The third-order valence-corrected chi connectivity index (χ3v) is 18.7. The summed E-state index contributed by atoms with van der Waals surface area (Å²) in [7, 11) is -1.93. The Morgan fingerprint density at radius 2 is 1.28 bits per heavy atom. The molecule has 0 aliphatic carbocycles. The van der Waals surface area contributed by atoms with Gasteiger partial charge in [0, 0.05) is 29.7 Å². The molecule has 1 aromatic rings. The first kappa shape index (κ1) is 27.9. The highest BCUT2D eigenvalue weighted by Gasteiger charge is 2.75. The van der Waals surface area contributed by atoms with Crippen molar-refractivity contribution in [3.05, 3.63) is 35.4 Å². The predicted octanol–water partition coefficient (Wildman–Crippen LogP) is 7.08. The number of ketones is 1. The molecule has 1 saturated heterocycles. The molecule has 2 atom stereocenters. The van der Waals surface area contributed by atoms with E-state index in [1.807, 2.05) is 12.1 Å². The molecular formula is C25H45N2O2PSSi. The molecule has 32 heavy (non-hydrogen) atoms. The Kier molecular flexibility index (Phi) is 8.46. The highest BCUT2D eigenvalue weighted by molar-refractivity contribution is 8.14. The summed E-state index contributed by atoms with van der Waals surface area (Å²) in [6.45, 7) is 27.0. The Bertz CT molecular complexity index is 824. The Balaban J connectivity index is 2.80. The lowest BCUT2D eigenvalue weighted by Crippen LogP contribution is -2.55. The van der Waals surface area contributed by atoms with E-state index < -0.39 is 14.4 Å². The first-order valence-corrected chi connectivity index (χ1v) is 18.2. The van der Waals surface area contributed by atoms with E-state index >= 15 is 0 Å². The maximum Gasteiger partial charge on any atom is 0.159 e. The number of carbonyl (C=O) groups is 1. The summed E-state index contributed by atoms with van der Waals surface area (Å²) in [5.41, 5.74) is 1.89. The van der Waals surface area contributed by atoms with Crippen molar-refractivity contribution in [2.75, 3.05) is 0 Å². The smallest absolute Gasteiger partial charge is 0.159 e. The van der Waals surface area contributed by atoms with E-state index in [-0.39, 0.29) is 16.9 Å². The highest BCUT2D eigenvalue weighted by atomic mass is 32.4. The molecule has 1 aliphatic rings. The van der Waals surface area contributed by atoms with Crippen LogP contribution in [0.4, 0.5) is 0 Å². The van der Waals surface area contributed by atoms with Crippen molar-refractivity contribution < 1.29 is 9.53 Å². The molecule has 1 heterocycles. The SMILES string of the molecule is CC(=O)c1ccc([C@@H]2O[C@@]2([Si](C)(C)C)P(=S)(N(C(C)C)C(C)C)N(C(C)C)C(C)C)cc1. The molecule has 0 N–H and O–H groups in total. The van der Waals surface area contributed by atoms with Gasteiger partial charge >= 0.3 is 0 Å². The summed E-state index contributed by atoms with van der Waals surface area (Å²) < 4.78 is 12.2. The van der Waals surface area contributed by atoms with Gasteiger partial charge in [0.05, 0.1) is 8.07 Å². The number of Topliss-reactive ketones (excluding diaryl/α,β-unsaturated/α-hetero) is 1. The number of epoxide rings is 1. The van der Waals surface area contributed by atoms with Crippen molar-refractivity contribution in [1.29, 1.82) is 0 Å². The van der Waals surface area contributed by atoms with Crippen LogP contribution in [0.15, 0.2) is 24.3 Å². The van der Waals surface area contributed by atoms with Crippen LogP contribution in [0.3, 0.4) is 0 Å². The van der Waals surface area contributed by atoms with Crippen molar-refractivity contribution in [2.45, 2.75) is 117 Å². The summed E-state index contributed by atoms with van der Waals surface area (Å²) in [6.07, 6.45) is -2.38. The van der Waals surface area contributed by atoms with Gasteiger partial charge in [-0.25, -0.2) is 0 Å². The average Bonchev–Trinajstić information content (AvgIpc) is 3.37. The summed E-state index contributed by atoms with van der Waals surface area (Å²) in [6, 6.07) is 9.29. The van der Waals surface area contributed by atoms with Crippen molar-refractivity contribution in [3.8, 4) is 0 Å². The van der Waals surface area contributed by atoms with E-state index in [1.54, 1.807) is 6.92 Å². The first-order valence-electron chi connectivity index (χ1n) is 12.0. The number of rotatable bonds is 10. The first-order chi connectivity index (χ1) is 14.5. The quantitative estimate of drug-likeness (QED) is 0.150. The molecule has 1 aromatic carbocycles. The molecule has 1 fully saturated rings. The van der Waals surface area contributed by atoms with Crippen LogP contribution in [0, 0.1) is 0 Å². The van der Waals surface area contributed by atoms with Gasteiger partial charge in [0.25, 0.3) is 0 Å². The molecule has 4 nitrogen and oxygen atoms in total. The molecule has 2 rings (SSSR count). The Labute approximate surface area is 203 Å². The molecular weight excluding hydrogens is 451 g/mol. The Morgan fingerprint density at radius 3 is 1.56 bits per heavy atom. The van der Waals surface area contributed by atoms with Crippen LogP contribution in [0.2, 0.25) is 19.6 Å². The standard InChI is InChI=1S/C25H45N2O2PSSi/c1-17(2)26(18(3)4)30(31,27(19(5)6)20(7)8)25(32(10,11)12)24(29-25)23-15-13-22(14-16-23)21(9)28/h13-20,24H,1-12H3/t24-,25+/m0/s1. The molecule has 0 bridgehead atoms. The van der Waals surface area contributed by atoms with Gasteiger partial charge in [-0.1, -0.05) is 55.7 Å². The maximum atomic E-state index is 11.8. The topological polar surface area (TPSA) is 36.1 Å². The van der Waals surface area contributed by atoms with Crippen LogP contribution >= 0.6 is 6.34 Å². The van der Waals surface area contributed by atoms with E-state index in [0.717, 1.165) is 11.1 Å². The normalized spacial score (nSPS) is 22.1. The largest absolute Gasteiger partial charge is 0.357 e. The van der Waals surface area contributed by atoms with Gasteiger partial charge in [-0.3, -0.25) is 14.1 Å². The summed E-state index contributed by atoms with van der Waals surface area (Å²) >= 11 is 6.96. The third kappa shape index (κ3) is 4.61. The fraction of sp³-hybridized carbons (Fsp3) is 0.720. The van der Waals surface area contributed by atoms with Gasteiger partial charge in [0.1, 0.15) is 17.4 Å². The minimum absolute atomic E-state index is 0.0268. The van der Waals surface area contributed by atoms with E-state index in [1.165, 1.54) is 0 Å². The molecule has 1 aliphatic heterocycles. The number of carbonyl (C=O) groups excluding carboxylic acids is 1. The molecule has 7 heteroatoms. The highest BCUT2D eigenvalue weighted by Crippen LogP contribution is 2.81. The zero-order chi connectivity index (χ0) is 24.8. The van der Waals surface area contributed by atoms with Gasteiger partial charge in [0.15, 0.2) is 5.78 Å². The van der Waals surface area contributed by atoms with Gasteiger partial charge in [0.2, 0.25) is 0 Å². The van der Waals surface area contributed by atoms with E-state index in [0.29, 0.717) is 24.2 Å². The molecule has 0 aromatic heterocycles. The average molecular weight is 497 g/mol. The van der Waals surface area contributed by atoms with E-state index in [2.05, 4.69) is 96.5 Å². The monoisotopic (exact) mass is 496 g/mol. The van der Waals surface area contributed by atoms with Gasteiger partial charge in [-0.2, -0.15) is 0 Å². The predicted molar refractivity (Wildman–Crippen MR) is 145 cm³/mol. The van der Waals surface area contributed by atoms with E-state index in [9.17, 15) is 4.79 Å². The van der Waals surface area contributed by atoms with Gasteiger partial charge in [-0.05, 0) is 67.9 Å². The molecule has 0 amide bonds. The zero-order valence-electron chi connectivity index (χ0n) is 22.3. The van der Waals surface area contributed by atoms with Crippen LogP contribution in [-0.4, -0.2) is 52.3 Å². The van der Waals surface area contributed by atoms with Crippen LogP contribution < -0.4 is 0 Å². The zero-order valence-corrected chi connectivity index (χ0v) is 25.0. The van der Waals surface area contributed by atoms with Crippen LogP contribution in [0.25, 0.3) is 0 Å². The molecule has 0 radical (unpaired) electrons. The van der Waals surface area contributed by atoms with Crippen molar-refractivity contribution in [2.24, 2.45) is 0 Å². The second-order valence-electron chi connectivity index (χ2n) is 11.3. The molecule has 0 spiro atoms. The van der Waals surface area contributed by atoms with Crippen molar-refractivity contribution in [3.63, 3.8) is 0 Å².